The molecule has 62 valence electrons. The zero-order valence-electron chi connectivity index (χ0n) is 6.33. The summed E-state index contributed by atoms with van der Waals surface area (Å²) in [4.78, 5) is 31.9. The molecule has 0 unspecified atom stereocenters. The molecule has 0 heterocycles. The molecule has 0 saturated heterocycles. The highest BCUT2D eigenvalue weighted by molar-refractivity contribution is 6.01. The van der Waals surface area contributed by atoms with Gasteiger partial charge in [-0.15, -0.1) is 0 Å². The lowest BCUT2D eigenvalue weighted by molar-refractivity contribution is -0.147. The molecule has 0 radical (unpaired) electrons. The van der Waals surface area contributed by atoms with Gasteiger partial charge in [0.2, 0.25) is 11.8 Å². The van der Waals surface area contributed by atoms with Gasteiger partial charge in [-0.2, -0.15) is 0 Å². The van der Waals surface area contributed by atoms with Crippen molar-refractivity contribution in [3.63, 3.8) is 0 Å². The van der Waals surface area contributed by atoms with Crippen LogP contribution in [0.2, 0.25) is 0 Å². The number of carbonyl (C=O) groups excluding carboxylic acids is 2. The highest BCUT2D eigenvalue weighted by atomic mass is 16.4. The summed E-state index contributed by atoms with van der Waals surface area (Å²) in [6.45, 7) is 1.19. The Morgan fingerprint density at radius 3 is 2.09 bits per heavy atom. The van der Waals surface area contributed by atoms with Crippen molar-refractivity contribution in [3.8, 4) is 0 Å². The summed E-state index contributed by atoms with van der Waals surface area (Å²) >= 11 is 0. The van der Waals surface area contributed by atoms with E-state index in [0.717, 1.165) is 4.90 Å². The first-order valence-electron chi connectivity index (χ1n) is 2.94. The second-order valence-corrected chi connectivity index (χ2v) is 2.04. The zero-order chi connectivity index (χ0) is 9.02. The Hall–Kier alpha value is -1.39. The Labute approximate surface area is 63.6 Å². The van der Waals surface area contributed by atoms with E-state index in [-0.39, 0.29) is 0 Å². The van der Waals surface area contributed by atoms with Crippen LogP contribution in [0.1, 0.15) is 13.3 Å². The Morgan fingerprint density at radius 1 is 1.36 bits per heavy atom. The molecular formula is C6H9NO4. The molecule has 0 aromatic carbocycles. The molecule has 5 nitrogen and oxygen atoms in total. The number of hydrogen-bond acceptors (Lipinski definition) is 3. The highest BCUT2D eigenvalue weighted by Gasteiger charge is 2.15. The lowest BCUT2D eigenvalue weighted by atomic mass is 10.4. The topological polar surface area (TPSA) is 74.7 Å². The number of carboxylic acid groups (broad SMARTS) is 1. The third-order valence-corrected chi connectivity index (χ3v) is 1.15. The fraction of sp³-hybridized carbons (Fsp3) is 0.500. The van der Waals surface area contributed by atoms with Gasteiger partial charge >= 0.3 is 5.97 Å². The SMILES string of the molecule is CC(=O)N(C)C(=O)CC(=O)O. The molecule has 0 aliphatic carbocycles. The number of aliphatic carboxylic acids is 1. The minimum atomic E-state index is -1.23. The molecule has 2 amide bonds. The van der Waals surface area contributed by atoms with E-state index in [4.69, 9.17) is 5.11 Å². The normalized spacial score (nSPS) is 8.91. The van der Waals surface area contributed by atoms with Gasteiger partial charge in [0, 0.05) is 14.0 Å². The molecule has 0 aromatic rings. The quantitative estimate of drug-likeness (QED) is 0.549. The van der Waals surface area contributed by atoms with Gasteiger partial charge in [0.25, 0.3) is 0 Å². The van der Waals surface area contributed by atoms with Gasteiger partial charge in [0.05, 0.1) is 0 Å². The first-order valence-corrected chi connectivity index (χ1v) is 2.94. The molecule has 1 N–H and O–H groups in total. The number of rotatable bonds is 2. The van der Waals surface area contributed by atoms with Crippen LogP contribution in [0.4, 0.5) is 0 Å². The molecule has 0 rings (SSSR count). The minimum absolute atomic E-state index is 0.462. The highest BCUT2D eigenvalue weighted by Crippen LogP contribution is 1.90. The van der Waals surface area contributed by atoms with Gasteiger partial charge in [0.1, 0.15) is 6.42 Å². The maximum Gasteiger partial charge on any atom is 0.312 e. The number of imide groups is 1. The summed E-state index contributed by atoms with van der Waals surface area (Å²) in [5, 5.41) is 8.16. The summed E-state index contributed by atoms with van der Waals surface area (Å²) in [6, 6.07) is 0. The van der Waals surface area contributed by atoms with Gasteiger partial charge in [-0.25, -0.2) is 0 Å². The summed E-state index contributed by atoms with van der Waals surface area (Å²) in [6.07, 6.45) is -0.643. The van der Waals surface area contributed by atoms with E-state index in [2.05, 4.69) is 0 Å². The number of amides is 2. The van der Waals surface area contributed by atoms with Crippen molar-refractivity contribution >= 4 is 17.8 Å². The third kappa shape index (κ3) is 3.34. The van der Waals surface area contributed by atoms with Crippen molar-refractivity contribution in [1.82, 2.24) is 4.90 Å². The fourth-order valence-corrected chi connectivity index (χ4v) is 0.424. The van der Waals surface area contributed by atoms with Crippen LogP contribution in [0.25, 0.3) is 0 Å². The summed E-state index contributed by atoms with van der Waals surface area (Å²) < 4.78 is 0. The molecule has 0 spiro atoms. The van der Waals surface area contributed by atoms with Crippen molar-refractivity contribution in [2.45, 2.75) is 13.3 Å². The first-order chi connectivity index (χ1) is 4.95. The van der Waals surface area contributed by atoms with Crippen molar-refractivity contribution in [1.29, 1.82) is 0 Å². The van der Waals surface area contributed by atoms with Gasteiger partial charge < -0.3 is 5.11 Å². The third-order valence-electron chi connectivity index (χ3n) is 1.15. The summed E-state index contributed by atoms with van der Waals surface area (Å²) in [7, 11) is 1.24. The second kappa shape index (κ2) is 3.70. The van der Waals surface area contributed by atoms with Crippen LogP contribution in [0.5, 0.6) is 0 Å². The van der Waals surface area contributed by atoms with Gasteiger partial charge in [-0.05, 0) is 0 Å². The Bertz CT molecular complexity index is 199. The number of hydrogen-bond donors (Lipinski definition) is 1. The molecule has 0 fully saturated rings. The smallest absolute Gasteiger partial charge is 0.312 e. The Balaban J connectivity index is 4.04. The van der Waals surface area contributed by atoms with Crippen LogP contribution in [0, 0.1) is 0 Å². The molecule has 0 aromatic heterocycles. The van der Waals surface area contributed by atoms with Gasteiger partial charge in [0.15, 0.2) is 0 Å². The maximum absolute atomic E-state index is 10.7. The van der Waals surface area contributed by atoms with Crippen LogP contribution in [-0.4, -0.2) is 34.8 Å². The van der Waals surface area contributed by atoms with Crippen molar-refractivity contribution in [2.24, 2.45) is 0 Å². The van der Waals surface area contributed by atoms with Gasteiger partial charge in [-0.1, -0.05) is 0 Å². The summed E-state index contributed by atoms with van der Waals surface area (Å²) in [5.74, 6) is -2.40. The van der Waals surface area contributed by atoms with Crippen molar-refractivity contribution in [2.75, 3.05) is 7.05 Å². The molecule has 5 heteroatoms. The Kier molecular flexibility index (Phi) is 3.23. The molecule has 11 heavy (non-hydrogen) atoms. The van der Waals surface area contributed by atoms with E-state index < -0.39 is 24.2 Å². The number of carbonyl (C=O) groups is 3. The monoisotopic (exact) mass is 159 g/mol. The van der Waals surface area contributed by atoms with Crippen LogP contribution in [0.3, 0.4) is 0 Å². The van der Waals surface area contributed by atoms with E-state index >= 15 is 0 Å². The number of carboxylic acids is 1. The lowest BCUT2D eigenvalue weighted by Gasteiger charge is -2.10. The fourth-order valence-electron chi connectivity index (χ4n) is 0.424. The van der Waals surface area contributed by atoms with E-state index in [1.54, 1.807) is 0 Å². The average molecular weight is 159 g/mol. The Morgan fingerprint density at radius 2 is 1.82 bits per heavy atom. The van der Waals surface area contributed by atoms with Crippen LogP contribution in [-0.2, 0) is 14.4 Å². The summed E-state index contributed by atoms with van der Waals surface area (Å²) in [5.41, 5.74) is 0. The molecular weight excluding hydrogens is 150 g/mol. The first kappa shape index (κ1) is 9.61. The van der Waals surface area contributed by atoms with Crippen molar-refractivity contribution < 1.29 is 19.5 Å². The lowest BCUT2D eigenvalue weighted by Crippen LogP contribution is -2.32. The molecule has 0 aliphatic rings. The van der Waals surface area contributed by atoms with Crippen LogP contribution >= 0.6 is 0 Å². The van der Waals surface area contributed by atoms with Crippen molar-refractivity contribution in [3.05, 3.63) is 0 Å². The molecule has 0 saturated carbocycles. The van der Waals surface area contributed by atoms with E-state index in [0.29, 0.717) is 0 Å². The zero-order valence-corrected chi connectivity index (χ0v) is 6.33. The van der Waals surface area contributed by atoms with Gasteiger partial charge in [-0.3, -0.25) is 19.3 Å². The van der Waals surface area contributed by atoms with Crippen LogP contribution in [0.15, 0.2) is 0 Å². The van der Waals surface area contributed by atoms with E-state index in [9.17, 15) is 14.4 Å². The molecule has 0 bridgehead atoms. The average Bonchev–Trinajstić information content (AvgIpc) is 1.84. The standard InChI is InChI=1S/C6H9NO4/c1-4(8)7(2)5(9)3-6(10)11/h3H2,1-2H3,(H,10,11). The largest absolute Gasteiger partial charge is 0.481 e. The predicted octanol–water partition coefficient (Wildman–Crippen LogP) is -0.534. The van der Waals surface area contributed by atoms with E-state index in [1.165, 1.54) is 14.0 Å². The predicted molar refractivity (Wildman–Crippen MR) is 35.7 cm³/mol. The molecule has 0 aliphatic heterocycles. The van der Waals surface area contributed by atoms with Crippen LogP contribution < -0.4 is 0 Å². The second-order valence-electron chi connectivity index (χ2n) is 2.04. The maximum atomic E-state index is 10.7. The minimum Gasteiger partial charge on any atom is -0.481 e. The number of nitrogens with zero attached hydrogens (tertiary/aromatic N) is 1. The molecule has 0 atom stereocenters. The van der Waals surface area contributed by atoms with E-state index in [1.807, 2.05) is 0 Å².